The number of carboxylic acids is 1. The highest BCUT2D eigenvalue weighted by Crippen LogP contribution is 2.16. The Kier molecular flexibility index (Phi) is 6.92. The Morgan fingerprint density at radius 2 is 1.68 bits per heavy atom. The van der Waals surface area contributed by atoms with Crippen LogP contribution in [0, 0.1) is 5.92 Å². The number of aliphatic carboxylic acids is 1. The summed E-state index contributed by atoms with van der Waals surface area (Å²) < 4.78 is 0. The first-order chi connectivity index (χ1) is 10.4. The van der Waals surface area contributed by atoms with E-state index in [4.69, 9.17) is 0 Å². The molecule has 0 saturated carbocycles. The van der Waals surface area contributed by atoms with Crippen molar-refractivity contribution in [3.63, 3.8) is 0 Å². The molecule has 0 bridgehead atoms. The fourth-order valence-electron chi connectivity index (χ4n) is 2.28. The number of carbonyl (C=O) groups excluding carboxylic acids is 3. The summed E-state index contributed by atoms with van der Waals surface area (Å²) in [7, 11) is 0. The summed E-state index contributed by atoms with van der Waals surface area (Å²) in [6, 6.07) is 6.58. The number of carboxylic acid groups (broad SMARTS) is 1. The van der Waals surface area contributed by atoms with Gasteiger partial charge in [0.1, 0.15) is 11.9 Å². The third kappa shape index (κ3) is 4.49. The van der Waals surface area contributed by atoms with E-state index in [1.54, 1.807) is 19.1 Å². The molecule has 0 amide bonds. The number of aryl methyl sites for hydroxylation is 1. The molecule has 0 aliphatic carbocycles. The number of hydrogen-bond donors (Lipinski definition) is 1. The highest BCUT2D eigenvalue weighted by molar-refractivity contribution is 6.08. The van der Waals surface area contributed by atoms with Gasteiger partial charge in [0.25, 0.3) is 0 Å². The van der Waals surface area contributed by atoms with E-state index in [0.717, 1.165) is 18.4 Å². The van der Waals surface area contributed by atoms with Crippen LogP contribution >= 0.6 is 0 Å². The summed E-state index contributed by atoms with van der Waals surface area (Å²) in [5, 5.41) is 21.1. The number of aliphatic hydroxyl groups excluding tert-OH is 1. The van der Waals surface area contributed by atoms with Crippen LogP contribution in [-0.4, -0.2) is 28.7 Å². The first-order valence-corrected chi connectivity index (χ1v) is 7.47. The van der Waals surface area contributed by atoms with Crippen LogP contribution < -0.4 is 5.11 Å². The Hall–Kier alpha value is -2.01. The van der Waals surface area contributed by atoms with E-state index in [1.165, 1.54) is 12.1 Å². The van der Waals surface area contributed by atoms with Gasteiger partial charge in [0, 0.05) is 12.0 Å². The molecule has 22 heavy (non-hydrogen) atoms. The van der Waals surface area contributed by atoms with E-state index in [9.17, 15) is 24.6 Å². The highest BCUT2D eigenvalue weighted by atomic mass is 16.4. The Bertz CT molecular complexity index is 532. The molecule has 1 rings (SSSR count). The second kappa shape index (κ2) is 8.44. The average Bonchev–Trinajstić information content (AvgIpc) is 2.47. The van der Waals surface area contributed by atoms with E-state index < -0.39 is 29.6 Å². The minimum absolute atomic E-state index is 0.0155. The van der Waals surface area contributed by atoms with Gasteiger partial charge in [-0.3, -0.25) is 9.59 Å². The van der Waals surface area contributed by atoms with Gasteiger partial charge in [-0.2, -0.15) is 0 Å². The zero-order chi connectivity index (χ0) is 16.7. The Morgan fingerprint density at radius 1 is 1.09 bits per heavy atom. The predicted octanol–water partition coefficient (Wildman–Crippen LogP) is 0.918. The predicted molar refractivity (Wildman–Crippen MR) is 79.2 cm³/mol. The molecule has 0 spiro atoms. The summed E-state index contributed by atoms with van der Waals surface area (Å²) in [4.78, 5) is 35.0. The van der Waals surface area contributed by atoms with Crippen molar-refractivity contribution in [1.82, 2.24) is 0 Å². The second-order valence-corrected chi connectivity index (χ2v) is 5.27. The molecule has 0 aliphatic heterocycles. The fraction of sp³-hybridized carbons (Fsp3) is 0.471. The molecule has 1 N–H and O–H groups in total. The van der Waals surface area contributed by atoms with Crippen molar-refractivity contribution in [2.45, 2.75) is 45.6 Å². The lowest BCUT2D eigenvalue weighted by atomic mass is 9.89. The topological polar surface area (TPSA) is 94.5 Å². The van der Waals surface area contributed by atoms with Gasteiger partial charge in [0.2, 0.25) is 0 Å². The van der Waals surface area contributed by atoms with Crippen LogP contribution in [0.4, 0.5) is 0 Å². The third-order valence-corrected chi connectivity index (χ3v) is 3.46. The molecule has 5 nitrogen and oxygen atoms in total. The maximum Gasteiger partial charge on any atom is 0.192 e. The number of benzene rings is 1. The van der Waals surface area contributed by atoms with Crippen LogP contribution in [0.1, 0.15) is 49.0 Å². The minimum atomic E-state index is -1.92. The van der Waals surface area contributed by atoms with E-state index in [-0.39, 0.29) is 12.0 Å². The van der Waals surface area contributed by atoms with Gasteiger partial charge in [-0.05, 0) is 18.4 Å². The van der Waals surface area contributed by atoms with Crippen molar-refractivity contribution in [2.24, 2.45) is 5.92 Å². The van der Waals surface area contributed by atoms with Crippen molar-refractivity contribution < 1.29 is 24.6 Å². The maximum absolute atomic E-state index is 12.2. The van der Waals surface area contributed by atoms with Gasteiger partial charge >= 0.3 is 0 Å². The van der Waals surface area contributed by atoms with E-state index >= 15 is 0 Å². The smallest absolute Gasteiger partial charge is 0.192 e. The van der Waals surface area contributed by atoms with Crippen LogP contribution in [0.25, 0.3) is 0 Å². The molecule has 0 fully saturated rings. The number of carbonyl (C=O) groups is 3. The zero-order valence-electron chi connectivity index (χ0n) is 12.9. The molecule has 2 unspecified atom stereocenters. The molecular formula is C17H21O5-. The number of ketones is 2. The molecule has 1 aromatic rings. The summed E-state index contributed by atoms with van der Waals surface area (Å²) in [5.41, 5.74) is 1.23. The average molecular weight is 305 g/mol. The van der Waals surface area contributed by atoms with Crippen LogP contribution in [0.5, 0.6) is 0 Å². The van der Waals surface area contributed by atoms with E-state index in [0.29, 0.717) is 6.42 Å². The molecular weight excluding hydrogens is 284 g/mol. The van der Waals surface area contributed by atoms with Gasteiger partial charge in [-0.15, -0.1) is 0 Å². The van der Waals surface area contributed by atoms with Gasteiger partial charge in [-0.25, -0.2) is 0 Å². The molecule has 0 heterocycles. The normalized spacial score (nSPS) is 13.4. The molecule has 0 aliphatic rings. The van der Waals surface area contributed by atoms with Crippen LogP contribution in [-0.2, 0) is 16.0 Å². The first kappa shape index (κ1) is 18.0. The molecule has 5 heteroatoms. The molecule has 0 radical (unpaired) electrons. The molecule has 1 aromatic carbocycles. The third-order valence-electron chi connectivity index (χ3n) is 3.46. The number of Topliss-reactive ketones (excluding diaryl/α,β-unsaturated/α-hetero) is 2. The van der Waals surface area contributed by atoms with Crippen LogP contribution in [0.2, 0.25) is 0 Å². The van der Waals surface area contributed by atoms with Gasteiger partial charge in [0.05, 0.1) is 11.9 Å². The van der Waals surface area contributed by atoms with E-state index in [2.05, 4.69) is 0 Å². The monoisotopic (exact) mass is 305 g/mol. The SMILES string of the molecule is CCCC(=O)C(C(=O)[O-])C(O)C(=O)c1ccc(CCC)cc1. The van der Waals surface area contributed by atoms with Gasteiger partial charge < -0.3 is 15.0 Å². The van der Waals surface area contributed by atoms with Gasteiger partial charge in [0.15, 0.2) is 5.78 Å². The lowest BCUT2D eigenvalue weighted by Gasteiger charge is -2.21. The van der Waals surface area contributed by atoms with Crippen molar-refractivity contribution in [3.8, 4) is 0 Å². The summed E-state index contributed by atoms with van der Waals surface area (Å²) in [6.07, 6.45) is 0.344. The largest absolute Gasteiger partial charge is 0.549 e. The van der Waals surface area contributed by atoms with Gasteiger partial charge in [-0.1, -0.05) is 44.5 Å². The Balaban J connectivity index is 2.93. The number of aliphatic hydroxyl groups is 1. The molecule has 2 atom stereocenters. The van der Waals surface area contributed by atoms with Crippen LogP contribution in [0.3, 0.4) is 0 Å². The molecule has 0 saturated heterocycles. The zero-order valence-corrected chi connectivity index (χ0v) is 12.9. The highest BCUT2D eigenvalue weighted by Gasteiger charge is 2.33. The summed E-state index contributed by atoms with van der Waals surface area (Å²) in [5.74, 6) is -5.00. The van der Waals surface area contributed by atoms with E-state index in [1.807, 2.05) is 6.92 Å². The molecule has 0 aromatic heterocycles. The lowest BCUT2D eigenvalue weighted by Crippen LogP contribution is -2.46. The van der Waals surface area contributed by atoms with Crippen LogP contribution in [0.15, 0.2) is 24.3 Å². The van der Waals surface area contributed by atoms with Crippen molar-refractivity contribution in [2.75, 3.05) is 0 Å². The minimum Gasteiger partial charge on any atom is -0.549 e. The maximum atomic E-state index is 12.2. The lowest BCUT2D eigenvalue weighted by molar-refractivity contribution is -0.311. The quantitative estimate of drug-likeness (QED) is 0.541. The number of rotatable bonds is 9. The Labute approximate surface area is 130 Å². The van der Waals surface area contributed by atoms with Crippen molar-refractivity contribution in [1.29, 1.82) is 0 Å². The fourth-order valence-corrected chi connectivity index (χ4v) is 2.28. The standard InChI is InChI=1S/C17H22O5/c1-3-5-11-7-9-12(10-8-11)15(19)16(20)14(17(21)22)13(18)6-4-2/h7-10,14,16,20H,3-6H2,1-2H3,(H,21,22)/p-1. The summed E-state index contributed by atoms with van der Waals surface area (Å²) >= 11 is 0. The summed E-state index contributed by atoms with van der Waals surface area (Å²) in [6.45, 7) is 3.75. The Morgan fingerprint density at radius 3 is 2.14 bits per heavy atom. The number of hydrogen-bond acceptors (Lipinski definition) is 5. The van der Waals surface area contributed by atoms with Crippen molar-refractivity contribution in [3.05, 3.63) is 35.4 Å². The van der Waals surface area contributed by atoms with Crippen molar-refractivity contribution >= 4 is 17.5 Å². The molecule has 120 valence electrons. The second-order valence-electron chi connectivity index (χ2n) is 5.27. The first-order valence-electron chi connectivity index (χ1n) is 7.47.